The SMILES string of the molecule is Cc1ccc(CNC(=O)C(=O)Nc2ccc3ncccc3c2)s1. The van der Waals surface area contributed by atoms with E-state index in [-0.39, 0.29) is 0 Å². The fourth-order valence-corrected chi connectivity index (χ4v) is 3.00. The molecule has 0 aliphatic rings. The summed E-state index contributed by atoms with van der Waals surface area (Å²) in [5, 5.41) is 6.12. The van der Waals surface area contributed by atoms with Gasteiger partial charge in [0, 0.05) is 27.0 Å². The number of nitrogens with one attached hydrogen (secondary N) is 2. The normalized spacial score (nSPS) is 10.5. The van der Waals surface area contributed by atoms with Gasteiger partial charge in [-0.05, 0) is 43.3 Å². The number of hydrogen-bond donors (Lipinski definition) is 2. The van der Waals surface area contributed by atoms with E-state index in [4.69, 9.17) is 0 Å². The van der Waals surface area contributed by atoms with Gasteiger partial charge in [0.2, 0.25) is 0 Å². The third-order valence-electron chi connectivity index (χ3n) is 3.29. The summed E-state index contributed by atoms with van der Waals surface area (Å²) in [5.74, 6) is -1.33. The first-order valence-corrected chi connectivity index (χ1v) is 7.93. The first-order valence-electron chi connectivity index (χ1n) is 7.11. The van der Waals surface area contributed by atoms with E-state index < -0.39 is 11.8 Å². The number of carbonyl (C=O) groups excluding carboxylic acids is 2. The molecule has 0 radical (unpaired) electrons. The Morgan fingerprint density at radius 2 is 2.00 bits per heavy atom. The summed E-state index contributed by atoms with van der Waals surface area (Å²) in [4.78, 5) is 30.2. The van der Waals surface area contributed by atoms with E-state index in [1.165, 1.54) is 4.88 Å². The molecule has 0 aliphatic carbocycles. The fraction of sp³-hybridized carbons (Fsp3) is 0.118. The number of amides is 2. The average Bonchev–Trinajstić information content (AvgIpc) is 2.98. The van der Waals surface area contributed by atoms with E-state index in [1.807, 2.05) is 31.2 Å². The number of hydrogen-bond acceptors (Lipinski definition) is 4. The van der Waals surface area contributed by atoms with Crippen LogP contribution in [0.25, 0.3) is 10.9 Å². The minimum Gasteiger partial charge on any atom is -0.343 e. The number of aryl methyl sites for hydroxylation is 1. The lowest BCUT2D eigenvalue weighted by Crippen LogP contribution is -2.34. The first kappa shape index (κ1) is 15.2. The highest BCUT2D eigenvalue weighted by molar-refractivity contribution is 7.11. The molecule has 6 heteroatoms. The second-order valence-corrected chi connectivity index (χ2v) is 6.43. The molecule has 2 N–H and O–H groups in total. The summed E-state index contributed by atoms with van der Waals surface area (Å²) in [6.45, 7) is 2.35. The van der Waals surface area contributed by atoms with Crippen LogP contribution in [-0.2, 0) is 16.1 Å². The molecule has 116 valence electrons. The van der Waals surface area contributed by atoms with Crippen LogP contribution in [0.15, 0.2) is 48.7 Å². The van der Waals surface area contributed by atoms with Crippen LogP contribution in [0.1, 0.15) is 9.75 Å². The fourth-order valence-electron chi connectivity index (χ4n) is 2.17. The van der Waals surface area contributed by atoms with E-state index in [0.29, 0.717) is 12.2 Å². The predicted octanol–water partition coefficient (Wildman–Crippen LogP) is 2.86. The number of benzene rings is 1. The highest BCUT2D eigenvalue weighted by Gasteiger charge is 2.13. The lowest BCUT2D eigenvalue weighted by Gasteiger charge is -2.06. The standard InChI is InChI=1S/C17H15N3O2S/c1-11-4-6-14(23-11)10-19-16(21)17(22)20-13-5-7-15-12(9-13)3-2-8-18-15/h2-9H,10H2,1H3,(H,19,21)(H,20,22). The zero-order valence-corrected chi connectivity index (χ0v) is 13.3. The number of nitrogens with zero attached hydrogens (tertiary/aromatic N) is 1. The molecule has 0 fully saturated rings. The predicted molar refractivity (Wildman–Crippen MR) is 91.3 cm³/mol. The molecule has 3 rings (SSSR count). The van der Waals surface area contributed by atoms with Crippen molar-refractivity contribution in [2.24, 2.45) is 0 Å². The van der Waals surface area contributed by atoms with Gasteiger partial charge in [0.05, 0.1) is 12.1 Å². The topological polar surface area (TPSA) is 71.1 Å². The van der Waals surface area contributed by atoms with Crippen molar-refractivity contribution in [3.8, 4) is 0 Å². The van der Waals surface area contributed by atoms with Crippen LogP contribution in [0, 0.1) is 6.92 Å². The number of aromatic nitrogens is 1. The lowest BCUT2D eigenvalue weighted by atomic mass is 10.2. The van der Waals surface area contributed by atoms with Crippen molar-refractivity contribution in [1.82, 2.24) is 10.3 Å². The monoisotopic (exact) mass is 325 g/mol. The van der Waals surface area contributed by atoms with Gasteiger partial charge in [0.25, 0.3) is 0 Å². The number of fused-ring (bicyclic) bond motifs is 1. The highest BCUT2D eigenvalue weighted by atomic mass is 32.1. The maximum Gasteiger partial charge on any atom is 0.313 e. The number of carbonyl (C=O) groups is 2. The number of pyridine rings is 1. The molecule has 0 bridgehead atoms. The second kappa shape index (κ2) is 6.58. The van der Waals surface area contributed by atoms with Gasteiger partial charge in [-0.15, -0.1) is 11.3 Å². The summed E-state index contributed by atoms with van der Waals surface area (Å²) < 4.78 is 0. The Balaban J connectivity index is 1.61. The maximum atomic E-state index is 11.9. The zero-order valence-electron chi connectivity index (χ0n) is 12.5. The molecule has 0 atom stereocenters. The minimum atomic E-state index is -0.679. The summed E-state index contributed by atoms with van der Waals surface area (Å²) in [7, 11) is 0. The number of anilines is 1. The molecule has 1 aromatic carbocycles. The van der Waals surface area contributed by atoms with Gasteiger partial charge < -0.3 is 10.6 Å². The van der Waals surface area contributed by atoms with Crippen LogP contribution in [0.2, 0.25) is 0 Å². The smallest absolute Gasteiger partial charge is 0.313 e. The minimum absolute atomic E-state index is 0.354. The molecule has 2 heterocycles. The van der Waals surface area contributed by atoms with E-state index >= 15 is 0 Å². The summed E-state index contributed by atoms with van der Waals surface area (Å²) >= 11 is 1.59. The quantitative estimate of drug-likeness (QED) is 0.727. The van der Waals surface area contributed by atoms with Crippen molar-refractivity contribution in [2.45, 2.75) is 13.5 Å². The van der Waals surface area contributed by atoms with Crippen LogP contribution in [0.5, 0.6) is 0 Å². The molecule has 2 amide bonds. The maximum absolute atomic E-state index is 11.9. The zero-order chi connectivity index (χ0) is 16.2. The van der Waals surface area contributed by atoms with Crippen LogP contribution in [0.3, 0.4) is 0 Å². The van der Waals surface area contributed by atoms with E-state index in [9.17, 15) is 9.59 Å². The van der Waals surface area contributed by atoms with Gasteiger partial charge in [-0.2, -0.15) is 0 Å². The lowest BCUT2D eigenvalue weighted by molar-refractivity contribution is -0.136. The largest absolute Gasteiger partial charge is 0.343 e. The van der Waals surface area contributed by atoms with Gasteiger partial charge in [-0.25, -0.2) is 0 Å². The van der Waals surface area contributed by atoms with Crippen LogP contribution in [0.4, 0.5) is 5.69 Å². The molecule has 5 nitrogen and oxygen atoms in total. The van der Waals surface area contributed by atoms with Crippen molar-refractivity contribution in [3.63, 3.8) is 0 Å². The average molecular weight is 325 g/mol. The van der Waals surface area contributed by atoms with E-state index in [2.05, 4.69) is 15.6 Å². The van der Waals surface area contributed by atoms with E-state index in [1.54, 1.807) is 35.7 Å². The van der Waals surface area contributed by atoms with Gasteiger partial charge in [0.15, 0.2) is 0 Å². The Hall–Kier alpha value is -2.73. The Bertz CT molecular complexity index is 873. The molecule has 0 unspecified atom stereocenters. The molecule has 0 saturated carbocycles. The Morgan fingerprint density at radius 3 is 2.78 bits per heavy atom. The Kier molecular flexibility index (Phi) is 4.34. The Labute approximate surface area is 137 Å². The summed E-state index contributed by atoms with van der Waals surface area (Å²) in [5.41, 5.74) is 1.40. The molecule has 3 aromatic rings. The van der Waals surface area contributed by atoms with E-state index in [0.717, 1.165) is 15.8 Å². The number of thiophene rings is 1. The van der Waals surface area contributed by atoms with Gasteiger partial charge in [-0.3, -0.25) is 14.6 Å². The van der Waals surface area contributed by atoms with Crippen molar-refractivity contribution in [2.75, 3.05) is 5.32 Å². The molecule has 0 aliphatic heterocycles. The van der Waals surface area contributed by atoms with Crippen molar-refractivity contribution in [1.29, 1.82) is 0 Å². The van der Waals surface area contributed by atoms with Crippen LogP contribution < -0.4 is 10.6 Å². The van der Waals surface area contributed by atoms with Gasteiger partial charge in [-0.1, -0.05) is 6.07 Å². The summed E-state index contributed by atoms with van der Waals surface area (Å²) in [6, 6.07) is 13.0. The third-order valence-corrected chi connectivity index (χ3v) is 4.29. The molecular formula is C17H15N3O2S. The first-order chi connectivity index (χ1) is 11.1. The van der Waals surface area contributed by atoms with Gasteiger partial charge >= 0.3 is 11.8 Å². The molecule has 0 saturated heterocycles. The second-order valence-electron chi connectivity index (χ2n) is 5.06. The highest BCUT2D eigenvalue weighted by Crippen LogP contribution is 2.17. The third kappa shape index (κ3) is 3.73. The van der Waals surface area contributed by atoms with Crippen molar-refractivity contribution >= 4 is 39.7 Å². The molecule has 2 aromatic heterocycles. The van der Waals surface area contributed by atoms with Gasteiger partial charge in [0.1, 0.15) is 0 Å². The molecular weight excluding hydrogens is 310 g/mol. The van der Waals surface area contributed by atoms with Crippen LogP contribution >= 0.6 is 11.3 Å². The number of rotatable bonds is 3. The molecule has 0 spiro atoms. The Morgan fingerprint density at radius 1 is 1.13 bits per heavy atom. The van der Waals surface area contributed by atoms with Crippen molar-refractivity contribution < 1.29 is 9.59 Å². The van der Waals surface area contributed by atoms with Crippen molar-refractivity contribution in [3.05, 3.63) is 58.4 Å². The molecule has 23 heavy (non-hydrogen) atoms. The van der Waals surface area contributed by atoms with Crippen LogP contribution in [-0.4, -0.2) is 16.8 Å². The summed E-state index contributed by atoms with van der Waals surface area (Å²) in [6.07, 6.45) is 1.71.